The zero-order valence-electron chi connectivity index (χ0n) is 12.2. The van der Waals surface area contributed by atoms with Crippen LogP contribution >= 0.6 is 11.3 Å². The van der Waals surface area contributed by atoms with Gasteiger partial charge in [-0.15, -0.1) is 11.3 Å². The van der Waals surface area contributed by atoms with Gasteiger partial charge in [-0.05, 0) is 37.3 Å². The Kier molecular flexibility index (Phi) is 3.93. The number of methoxy groups -OCH3 is 1. The minimum Gasteiger partial charge on any atom is -0.495 e. The van der Waals surface area contributed by atoms with Crippen LogP contribution in [0.1, 0.15) is 5.01 Å². The number of benzene rings is 2. The molecule has 2 N–H and O–H groups in total. The number of aryl methyl sites for hydroxylation is 1. The molecular weight excluding hydrogens is 298 g/mol. The fourth-order valence-corrected chi connectivity index (χ4v) is 3.02. The fraction of sp³-hybridized carbons (Fsp3) is 0.125. The van der Waals surface area contributed by atoms with E-state index in [1.165, 1.54) is 0 Å². The number of rotatable bonds is 3. The monoisotopic (exact) mass is 313 g/mol. The van der Waals surface area contributed by atoms with Crippen molar-refractivity contribution >= 4 is 39.0 Å². The number of anilines is 2. The van der Waals surface area contributed by atoms with Crippen molar-refractivity contribution in [2.24, 2.45) is 0 Å². The van der Waals surface area contributed by atoms with Crippen molar-refractivity contribution < 1.29 is 9.53 Å². The highest BCUT2D eigenvalue weighted by molar-refractivity contribution is 7.18. The number of aromatic nitrogens is 1. The third kappa shape index (κ3) is 3.01. The van der Waals surface area contributed by atoms with Crippen molar-refractivity contribution in [2.75, 3.05) is 17.7 Å². The molecule has 112 valence electrons. The van der Waals surface area contributed by atoms with E-state index in [-0.39, 0.29) is 6.03 Å². The van der Waals surface area contributed by atoms with Gasteiger partial charge in [0.1, 0.15) is 5.75 Å². The lowest BCUT2D eigenvalue weighted by Gasteiger charge is -2.10. The number of ether oxygens (including phenoxy) is 1. The molecule has 0 aliphatic heterocycles. The highest BCUT2D eigenvalue weighted by Crippen LogP contribution is 2.26. The van der Waals surface area contributed by atoms with E-state index in [4.69, 9.17) is 4.74 Å². The summed E-state index contributed by atoms with van der Waals surface area (Å²) in [7, 11) is 1.57. The summed E-state index contributed by atoms with van der Waals surface area (Å²) in [6.45, 7) is 1.96. The molecule has 0 aliphatic carbocycles. The summed E-state index contributed by atoms with van der Waals surface area (Å²) in [4.78, 5) is 16.5. The standard InChI is InChI=1S/C16H15N3O2S/c1-10-17-13-8-7-11(9-15(13)22-10)18-16(20)19-12-5-3-4-6-14(12)21-2/h3-9H,1-2H3,(H2,18,19,20). The molecule has 3 aromatic rings. The molecule has 0 saturated heterocycles. The van der Waals surface area contributed by atoms with Crippen molar-refractivity contribution in [1.82, 2.24) is 4.98 Å². The second kappa shape index (κ2) is 6.03. The van der Waals surface area contributed by atoms with Crippen LogP contribution in [0.2, 0.25) is 0 Å². The number of para-hydroxylation sites is 2. The highest BCUT2D eigenvalue weighted by atomic mass is 32.1. The van der Waals surface area contributed by atoms with Gasteiger partial charge in [-0.2, -0.15) is 0 Å². The van der Waals surface area contributed by atoms with Gasteiger partial charge in [0.15, 0.2) is 0 Å². The average Bonchev–Trinajstić information content (AvgIpc) is 2.87. The number of carbonyl (C=O) groups excluding carboxylic acids is 1. The molecule has 2 amide bonds. The zero-order valence-corrected chi connectivity index (χ0v) is 13.0. The summed E-state index contributed by atoms with van der Waals surface area (Å²) in [5.74, 6) is 0.617. The largest absolute Gasteiger partial charge is 0.495 e. The van der Waals surface area contributed by atoms with Crippen LogP contribution in [0.3, 0.4) is 0 Å². The van der Waals surface area contributed by atoms with E-state index in [2.05, 4.69) is 15.6 Å². The summed E-state index contributed by atoms with van der Waals surface area (Å²) >= 11 is 1.60. The van der Waals surface area contributed by atoms with Gasteiger partial charge in [0.25, 0.3) is 0 Å². The summed E-state index contributed by atoms with van der Waals surface area (Å²) in [6.07, 6.45) is 0. The van der Waals surface area contributed by atoms with E-state index in [0.717, 1.165) is 20.9 Å². The number of nitrogens with one attached hydrogen (secondary N) is 2. The van der Waals surface area contributed by atoms with Crippen molar-refractivity contribution in [3.8, 4) is 5.75 Å². The Bertz CT molecular complexity index is 829. The Morgan fingerprint density at radius 1 is 1.18 bits per heavy atom. The maximum atomic E-state index is 12.1. The summed E-state index contributed by atoms with van der Waals surface area (Å²) in [6, 6.07) is 12.6. The Balaban J connectivity index is 1.75. The second-order valence-electron chi connectivity index (χ2n) is 4.69. The van der Waals surface area contributed by atoms with Gasteiger partial charge in [-0.25, -0.2) is 9.78 Å². The molecule has 22 heavy (non-hydrogen) atoms. The predicted octanol–water partition coefficient (Wildman–Crippen LogP) is 4.26. The topological polar surface area (TPSA) is 63.2 Å². The van der Waals surface area contributed by atoms with E-state index < -0.39 is 0 Å². The van der Waals surface area contributed by atoms with Crippen molar-refractivity contribution in [3.05, 3.63) is 47.5 Å². The SMILES string of the molecule is COc1ccccc1NC(=O)Nc1ccc2nc(C)sc2c1. The number of urea groups is 1. The Morgan fingerprint density at radius 2 is 2.00 bits per heavy atom. The van der Waals surface area contributed by atoms with Gasteiger partial charge in [0.2, 0.25) is 0 Å². The number of carbonyl (C=O) groups is 1. The quantitative estimate of drug-likeness (QED) is 0.759. The Hall–Kier alpha value is -2.60. The molecule has 1 heterocycles. The summed E-state index contributed by atoms with van der Waals surface area (Å²) < 4.78 is 6.26. The Morgan fingerprint density at radius 3 is 2.82 bits per heavy atom. The van der Waals surface area contributed by atoms with Crippen molar-refractivity contribution in [3.63, 3.8) is 0 Å². The molecule has 6 heteroatoms. The first-order chi connectivity index (χ1) is 10.7. The molecule has 0 unspecified atom stereocenters. The number of fused-ring (bicyclic) bond motifs is 1. The molecule has 3 rings (SSSR count). The van der Waals surface area contributed by atoms with Gasteiger partial charge in [0.05, 0.1) is 28.0 Å². The summed E-state index contributed by atoms with van der Waals surface area (Å²) in [5.41, 5.74) is 2.29. The molecule has 5 nitrogen and oxygen atoms in total. The number of thiazole rings is 1. The number of hydrogen-bond acceptors (Lipinski definition) is 4. The minimum atomic E-state index is -0.315. The van der Waals surface area contributed by atoms with Gasteiger partial charge < -0.3 is 15.4 Å². The van der Waals surface area contributed by atoms with Gasteiger partial charge in [-0.3, -0.25) is 0 Å². The van der Waals surface area contributed by atoms with Crippen molar-refractivity contribution in [2.45, 2.75) is 6.92 Å². The van der Waals surface area contributed by atoms with E-state index in [1.807, 2.05) is 37.3 Å². The fourth-order valence-electron chi connectivity index (χ4n) is 2.15. The number of amides is 2. The average molecular weight is 313 g/mol. The molecule has 0 aliphatic rings. The lowest BCUT2D eigenvalue weighted by molar-refractivity contribution is 0.262. The van der Waals surface area contributed by atoms with Crippen LogP contribution in [0, 0.1) is 6.92 Å². The molecule has 0 spiro atoms. The van der Waals surface area contributed by atoms with E-state index >= 15 is 0 Å². The first kappa shape index (κ1) is 14.3. The molecule has 0 saturated carbocycles. The van der Waals surface area contributed by atoms with E-state index in [9.17, 15) is 4.79 Å². The van der Waals surface area contributed by atoms with Gasteiger partial charge in [-0.1, -0.05) is 12.1 Å². The van der Waals surface area contributed by atoms with Crippen molar-refractivity contribution in [1.29, 1.82) is 0 Å². The van der Waals surface area contributed by atoms with Crippen LogP contribution in [0.25, 0.3) is 10.2 Å². The predicted molar refractivity (Wildman–Crippen MR) is 90.0 cm³/mol. The minimum absolute atomic E-state index is 0.315. The maximum Gasteiger partial charge on any atom is 0.323 e. The van der Waals surface area contributed by atoms with Gasteiger partial charge in [0, 0.05) is 5.69 Å². The van der Waals surface area contributed by atoms with Crippen LogP contribution in [0.4, 0.5) is 16.2 Å². The van der Waals surface area contributed by atoms with Crippen LogP contribution in [-0.4, -0.2) is 18.1 Å². The van der Waals surface area contributed by atoms with Crippen LogP contribution in [0.15, 0.2) is 42.5 Å². The highest BCUT2D eigenvalue weighted by Gasteiger charge is 2.08. The Labute approximate surface area is 131 Å². The van der Waals surface area contributed by atoms with Gasteiger partial charge >= 0.3 is 6.03 Å². The van der Waals surface area contributed by atoms with E-state index in [0.29, 0.717) is 11.4 Å². The molecule has 0 radical (unpaired) electrons. The van der Waals surface area contributed by atoms with E-state index in [1.54, 1.807) is 30.6 Å². The second-order valence-corrected chi connectivity index (χ2v) is 5.93. The third-order valence-corrected chi connectivity index (χ3v) is 4.04. The normalized spacial score (nSPS) is 10.5. The van der Waals surface area contributed by atoms with Crippen LogP contribution in [-0.2, 0) is 0 Å². The molecule has 0 atom stereocenters. The zero-order chi connectivity index (χ0) is 15.5. The number of hydrogen-bond donors (Lipinski definition) is 2. The third-order valence-electron chi connectivity index (χ3n) is 3.11. The smallest absolute Gasteiger partial charge is 0.323 e. The molecular formula is C16H15N3O2S. The number of nitrogens with zero attached hydrogens (tertiary/aromatic N) is 1. The van der Waals surface area contributed by atoms with Crippen LogP contribution < -0.4 is 15.4 Å². The lowest BCUT2D eigenvalue weighted by atomic mass is 10.3. The first-order valence-corrected chi connectivity index (χ1v) is 7.55. The van der Waals surface area contributed by atoms with Crippen LogP contribution in [0.5, 0.6) is 5.75 Å². The molecule has 2 aromatic carbocycles. The molecule has 0 fully saturated rings. The lowest BCUT2D eigenvalue weighted by Crippen LogP contribution is -2.19. The molecule has 1 aromatic heterocycles. The summed E-state index contributed by atoms with van der Waals surface area (Å²) in [5, 5.41) is 6.60. The maximum absolute atomic E-state index is 12.1. The molecule has 0 bridgehead atoms. The first-order valence-electron chi connectivity index (χ1n) is 6.74.